The van der Waals surface area contributed by atoms with Crippen LogP contribution in [0.1, 0.15) is 60.3 Å². The fraction of sp³-hybridized carbons (Fsp3) is 0.577. The summed E-state index contributed by atoms with van der Waals surface area (Å²) in [5, 5.41) is 3.32. The maximum absolute atomic E-state index is 11.9. The molecule has 1 N–H and O–H groups in total. The Morgan fingerprint density at radius 3 is 2.85 bits per heavy atom. The Balaban J connectivity index is 1.35. The Kier molecular flexibility index (Phi) is 6.23. The number of aromatic nitrogens is 2. The minimum Gasteiger partial charge on any atom is -0.374 e. The van der Waals surface area contributed by atoms with E-state index < -0.39 is 0 Å². The van der Waals surface area contributed by atoms with Crippen molar-refractivity contribution in [1.29, 1.82) is 0 Å². The van der Waals surface area contributed by atoms with Gasteiger partial charge in [-0.05, 0) is 49.3 Å². The second-order valence-corrected chi connectivity index (χ2v) is 9.86. The summed E-state index contributed by atoms with van der Waals surface area (Å²) in [6.07, 6.45) is 5.43. The molecule has 0 bridgehead atoms. The molecule has 0 unspecified atom stereocenters. The van der Waals surface area contributed by atoms with E-state index in [4.69, 9.17) is 9.97 Å². The standard InChI is InChI=1S/C26H36N6O/c1-18(33)32-12-5-7-21(16-32)25-28-23-17-31(13-10-22(23)26(27-2)29-25)15-19-8-9-24-20(14-19)6-4-11-30(24)3/h8-9,14,21H,4-7,10-13,15-17H2,1-3H3,(H,27,28,29)/t21-/m1/s1. The van der Waals surface area contributed by atoms with Gasteiger partial charge in [-0.15, -0.1) is 0 Å². The minimum absolute atomic E-state index is 0.147. The maximum atomic E-state index is 11.9. The van der Waals surface area contributed by atoms with Gasteiger partial charge in [-0.3, -0.25) is 9.69 Å². The number of benzene rings is 1. The molecule has 1 atom stereocenters. The molecular formula is C26H36N6O. The number of likely N-dealkylation sites (tertiary alicyclic amines) is 1. The fourth-order valence-electron chi connectivity index (χ4n) is 5.70. The summed E-state index contributed by atoms with van der Waals surface area (Å²) >= 11 is 0. The predicted molar refractivity (Wildman–Crippen MR) is 132 cm³/mol. The minimum atomic E-state index is 0.147. The quantitative estimate of drug-likeness (QED) is 0.775. The highest BCUT2D eigenvalue weighted by molar-refractivity contribution is 5.73. The summed E-state index contributed by atoms with van der Waals surface area (Å²) in [6, 6.07) is 6.99. The van der Waals surface area contributed by atoms with Gasteiger partial charge < -0.3 is 15.1 Å². The average Bonchev–Trinajstić information content (AvgIpc) is 2.83. The van der Waals surface area contributed by atoms with Gasteiger partial charge >= 0.3 is 0 Å². The molecule has 1 saturated heterocycles. The largest absolute Gasteiger partial charge is 0.374 e. The van der Waals surface area contributed by atoms with Crippen molar-refractivity contribution in [3.63, 3.8) is 0 Å². The Morgan fingerprint density at radius 1 is 1.15 bits per heavy atom. The molecule has 1 aromatic carbocycles. The van der Waals surface area contributed by atoms with E-state index in [2.05, 4.69) is 40.4 Å². The van der Waals surface area contributed by atoms with Crippen molar-refractivity contribution in [2.45, 2.75) is 58.0 Å². The average molecular weight is 449 g/mol. The first-order chi connectivity index (χ1) is 16.0. The van der Waals surface area contributed by atoms with Gasteiger partial charge in [0.05, 0.1) is 5.69 Å². The van der Waals surface area contributed by atoms with E-state index in [1.54, 1.807) is 6.92 Å². The zero-order chi connectivity index (χ0) is 22.9. The number of anilines is 2. The van der Waals surface area contributed by atoms with E-state index in [9.17, 15) is 4.79 Å². The highest BCUT2D eigenvalue weighted by atomic mass is 16.2. The third-order valence-electron chi connectivity index (χ3n) is 7.53. The van der Waals surface area contributed by atoms with Crippen molar-refractivity contribution in [2.24, 2.45) is 0 Å². The zero-order valence-corrected chi connectivity index (χ0v) is 20.2. The number of hydrogen-bond acceptors (Lipinski definition) is 6. The molecule has 0 spiro atoms. The first-order valence-corrected chi connectivity index (χ1v) is 12.4. The molecular weight excluding hydrogens is 412 g/mol. The van der Waals surface area contributed by atoms with Crippen LogP contribution in [0.4, 0.5) is 11.5 Å². The van der Waals surface area contributed by atoms with E-state index >= 15 is 0 Å². The lowest BCUT2D eigenvalue weighted by Crippen LogP contribution is -2.38. The van der Waals surface area contributed by atoms with Gasteiger partial charge in [0.1, 0.15) is 11.6 Å². The molecule has 0 saturated carbocycles. The number of hydrogen-bond donors (Lipinski definition) is 1. The summed E-state index contributed by atoms with van der Waals surface area (Å²) in [4.78, 5) is 28.7. The summed E-state index contributed by atoms with van der Waals surface area (Å²) < 4.78 is 0. The molecule has 4 heterocycles. The molecule has 0 aliphatic carbocycles. The molecule has 176 valence electrons. The number of rotatable bonds is 4. The highest BCUT2D eigenvalue weighted by Gasteiger charge is 2.28. The molecule has 1 amide bonds. The summed E-state index contributed by atoms with van der Waals surface area (Å²) in [5.74, 6) is 2.22. The van der Waals surface area contributed by atoms with Crippen molar-refractivity contribution >= 4 is 17.4 Å². The predicted octanol–water partition coefficient (Wildman–Crippen LogP) is 3.18. The van der Waals surface area contributed by atoms with Crippen LogP contribution in [0.15, 0.2) is 18.2 Å². The lowest BCUT2D eigenvalue weighted by atomic mass is 9.96. The second-order valence-electron chi connectivity index (χ2n) is 9.86. The number of carbonyl (C=O) groups excluding carboxylic acids is 1. The van der Waals surface area contributed by atoms with Gasteiger partial charge in [-0.1, -0.05) is 12.1 Å². The molecule has 0 radical (unpaired) electrons. The van der Waals surface area contributed by atoms with Crippen molar-refractivity contribution in [3.8, 4) is 0 Å². The Hall–Kier alpha value is -2.67. The van der Waals surface area contributed by atoms with Crippen LogP contribution < -0.4 is 10.2 Å². The molecule has 1 aromatic heterocycles. The smallest absolute Gasteiger partial charge is 0.219 e. The van der Waals surface area contributed by atoms with E-state index in [1.165, 1.54) is 35.2 Å². The molecule has 33 heavy (non-hydrogen) atoms. The third kappa shape index (κ3) is 4.56. The van der Waals surface area contributed by atoms with Crippen LogP contribution in [0.2, 0.25) is 0 Å². The number of carbonyl (C=O) groups is 1. The van der Waals surface area contributed by atoms with Crippen LogP contribution in [0.3, 0.4) is 0 Å². The summed E-state index contributed by atoms with van der Waals surface area (Å²) in [5.41, 5.74) is 6.65. The number of amides is 1. The van der Waals surface area contributed by atoms with Crippen LogP contribution in [-0.2, 0) is 30.7 Å². The summed E-state index contributed by atoms with van der Waals surface area (Å²) in [7, 11) is 4.14. The maximum Gasteiger partial charge on any atom is 0.219 e. The van der Waals surface area contributed by atoms with Gasteiger partial charge in [-0.25, -0.2) is 9.97 Å². The van der Waals surface area contributed by atoms with Crippen molar-refractivity contribution < 1.29 is 4.79 Å². The lowest BCUT2D eigenvalue weighted by Gasteiger charge is -2.33. The topological polar surface area (TPSA) is 64.6 Å². The SMILES string of the molecule is CNc1nc([C@@H]2CCCN(C(C)=O)C2)nc2c1CCN(Cc1ccc3c(c1)CCCN3C)C2. The van der Waals surface area contributed by atoms with E-state index in [0.29, 0.717) is 0 Å². The first kappa shape index (κ1) is 22.1. The monoisotopic (exact) mass is 448 g/mol. The van der Waals surface area contributed by atoms with Gasteiger partial charge in [0.15, 0.2) is 0 Å². The van der Waals surface area contributed by atoms with Crippen molar-refractivity contribution in [3.05, 3.63) is 46.4 Å². The van der Waals surface area contributed by atoms with E-state index in [1.807, 2.05) is 11.9 Å². The Bertz CT molecular complexity index is 1040. The third-order valence-corrected chi connectivity index (χ3v) is 7.53. The van der Waals surface area contributed by atoms with Crippen LogP contribution in [-0.4, -0.2) is 65.9 Å². The van der Waals surface area contributed by atoms with Crippen molar-refractivity contribution in [1.82, 2.24) is 19.8 Å². The van der Waals surface area contributed by atoms with E-state index in [-0.39, 0.29) is 11.8 Å². The van der Waals surface area contributed by atoms with Gasteiger partial charge in [0.2, 0.25) is 5.91 Å². The zero-order valence-electron chi connectivity index (χ0n) is 20.2. The molecule has 7 heteroatoms. The molecule has 1 fully saturated rings. The highest BCUT2D eigenvalue weighted by Crippen LogP contribution is 2.31. The lowest BCUT2D eigenvalue weighted by molar-refractivity contribution is -0.130. The number of piperidine rings is 1. The fourth-order valence-corrected chi connectivity index (χ4v) is 5.70. The first-order valence-electron chi connectivity index (χ1n) is 12.4. The van der Waals surface area contributed by atoms with Crippen LogP contribution in [0.5, 0.6) is 0 Å². The normalized spacial score (nSPS) is 20.9. The number of fused-ring (bicyclic) bond motifs is 2. The second kappa shape index (κ2) is 9.29. The van der Waals surface area contributed by atoms with Crippen LogP contribution >= 0.6 is 0 Å². The molecule has 3 aliphatic rings. The summed E-state index contributed by atoms with van der Waals surface area (Å²) in [6.45, 7) is 7.20. The Labute approximate surface area is 197 Å². The van der Waals surface area contributed by atoms with Gasteiger partial charge in [0.25, 0.3) is 0 Å². The molecule has 3 aliphatic heterocycles. The number of nitrogens with zero attached hydrogens (tertiary/aromatic N) is 5. The van der Waals surface area contributed by atoms with Gasteiger partial charge in [-0.2, -0.15) is 0 Å². The molecule has 5 rings (SSSR count). The number of aryl methyl sites for hydroxylation is 1. The Morgan fingerprint density at radius 2 is 2.03 bits per heavy atom. The van der Waals surface area contributed by atoms with Crippen LogP contribution in [0.25, 0.3) is 0 Å². The number of nitrogens with one attached hydrogen (secondary N) is 1. The van der Waals surface area contributed by atoms with Crippen molar-refractivity contribution in [2.75, 3.05) is 50.5 Å². The molecule has 2 aromatic rings. The van der Waals surface area contributed by atoms with E-state index in [0.717, 1.165) is 75.9 Å². The molecule has 7 nitrogen and oxygen atoms in total. The van der Waals surface area contributed by atoms with Crippen LogP contribution in [0, 0.1) is 0 Å². The van der Waals surface area contributed by atoms with Gasteiger partial charge in [0, 0.05) is 77.5 Å².